The van der Waals surface area contributed by atoms with E-state index in [1.165, 1.54) is 24.7 Å². The van der Waals surface area contributed by atoms with Gasteiger partial charge in [-0.05, 0) is 20.0 Å². The Bertz CT molecular complexity index is 465. The van der Waals surface area contributed by atoms with Gasteiger partial charge in [0.15, 0.2) is 0 Å². The van der Waals surface area contributed by atoms with Gasteiger partial charge >= 0.3 is 0 Å². The largest absolute Gasteiger partial charge is 0.302 e. The Balaban J connectivity index is 2.09. The molecule has 5 heteroatoms. The first-order valence-electron chi connectivity index (χ1n) is 6.27. The van der Waals surface area contributed by atoms with Gasteiger partial charge in [-0.3, -0.25) is 5.10 Å². The summed E-state index contributed by atoms with van der Waals surface area (Å²) in [6.45, 7) is 4.20. The van der Waals surface area contributed by atoms with Crippen LogP contribution >= 0.6 is 0 Å². The van der Waals surface area contributed by atoms with E-state index < -0.39 is 0 Å². The number of hydrogen-bond acceptors (Lipinski definition) is 4. The molecule has 2 aromatic rings. The first-order valence-corrected chi connectivity index (χ1v) is 6.27. The van der Waals surface area contributed by atoms with E-state index in [1.54, 1.807) is 12.4 Å². The lowest BCUT2D eigenvalue weighted by Crippen LogP contribution is -2.19. The number of hydrogen-bond donors (Lipinski definition) is 1. The molecule has 2 aromatic heterocycles. The maximum atomic E-state index is 4.12. The van der Waals surface area contributed by atoms with E-state index in [0.717, 1.165) is 24.3 Å². The second-order valence-corrected chi connectivity index (χ2v) is 4.49. The van der Waals surface area contributed by atoms with Gasteiger partial charge in [-0.25, -0.2) is 9.97 Å². The van der Waals surface area contributed by atoms with Crippen molar-refractivity contribution in [3.05, 3.63) is 30.5 Å². The highest BCUT2D eigenvalue weighted by molar-refractivity contribution is 5.60. The molecule has 0 aliphatic rings. The lowest BCUT2D eigenvalue weighted by Gasteiger charge is -2.15. The maximum Gasteiger partial charge on any atom is 0.115 e. The highest BCUT2D eigenvalue weighted by atomic mass is 15.1. The van der Waals surface area contributed by atoms with Crippen LogP contribution in [0.5, 0.6) is 0 Å². The third kappa shape index (κ3) is 3.13. The van der Waals surface area contributed by atoms with Gasteiger partial charge in [0.1, 0.15) is 6.33 Å². The average Bonchev–Trinajstić information content (AvgIpc) is 2.85. The minimum Gasteiger partial charge on any atom is -0.302 e. The lowest BCUT2D eigenvalue weighted by atomic mass is 10.1. The molecule has 96 valence electrons. The molecule has 0 radical (unpaired) electrons. The zero-order valence-electron chi connectivity index (χ0n) is 10.9. The molecular weight excluding hydrogens is 226 g/mol. The quantitative estimate of drug-likeness (QED) is 0.846. The molecular formula is C13H19N5. The number of rotatable bonds is 6. The first-order chi connectivity index (χ1) is 8.81. The SMILES string of the molecule is CCCCN(C)Cc1cn[nH]c1-c1cncnc1. The molecule has 0 aliphatic carbocycles. The molecule has 2 heterocycles. The summed E-state index contributed by atoms with van der Waals surface area (Å²) in [5.74, 6) is 0. The van der Waals surface area contributed by atoms with E-state index >= 15 is 0 Å². The number of nitrogens with zero attached hydrogens (tertiary/aromatic N) is 4. The number of unbranched alkanes of at least 4 members (excludes halogenated alkanes) is 1. The second-order valence-electron chi connectivity index (χ2n) is 4.49. The summed E-state index contributed by atoms with van der Waals surface area (Å²) in [5, 5.41) is 7.15. The Kier molecular flexibility index (Phi) is 4.41. The summed E-state index contributed by atoms with van der Waals surface area (Å²) in [4.78, 5) is 10.4. The summed E-state index contributed by atoms with van der Waals surface area (Å²) in [5.41, 5.74) is 3.18. The highest BCUT2D eigenvalue weighted by Gasteiger charge is 2.10. The van der Waals surface area contributed by atoms with E-state index in [0.29, 0.717) is 0 Å². The third-order valence-corrected chi connectivity index (χ3v) is 2.90. The molecule has 0 aromatic carbocycles. The Labute approximate surface area is 107 Å². The van der Waals surface area contributed by atoms with Crippen LogP contribution in [-0.4, -0.2) is 38.7 Å². The van der Waals surface area contributed by atoms with Crippen LogP contribution in [0.3, 0.4) is 0 Å². The molecule has 0 amide bonds. The van der Waals surface area contributed by atoms with Crippen LogP contribution in [0.2, 0.25) is 0 Å². The third-order valence-electron chi connectivity index (χ3n) is 2.90. The molecule has 18 heavy (non-hydrogen) atoms. The Morgan fingerprint density at radius 3 is 2.72 bits per heavy atom. The topological polar surface area (TPSA) is 57.7 Å². The number of nitrogens with one attached hydrogen (secondary N) is 1. The predicted octanol–water partition coefficient (Wildman–Crippen LogP) is 2.10. The van der Waals surface area contributed by atoms with Crippen molar-refractivity contribution in [2.45, 2.75) is 26.3 Å². The molecule has 0 atom stereocenters. The van der Waals surface area contributed by atoms with Crippen LogP contribution < -0.4 is 0 Å². The molecule has 0 saturated heterocycles. The molecule has 0 saturated carbocycles. The summed E-state index contributed by atoms with van der Waals surface area (Å²) in [6.07, 6.45) is 9.46. The number of aromatic nitrogens is 4. The van der Waals surface area contributed by atoms with Gasteiger partial charge in [0.25, 0.3) is 0 Å². The molecule has 0 bridgehead atoms. The van der Waals surface area contributed by atoms with Gasteiger partial charge in [-0.2, -0.15) is 5.10 Å². The number of H-pyrrole nitrogens is 1. The van der Waals surface area contributed by atoms with Gasteiger partial charge in [0, 0.05) is 30.1 Å². The van der Waals surface area contributed by atoms with Crippen LogP contribution in [0.4, 0.5) is 0 Å². The summed E-state index contributed by atoms with van der Waals surface area (Å²) >= 11 is 0. The van der Waals surface area contributed by atoms with E-state index in [1.807, 2.05) is 6.20 Å². The van der Waals surface area contributed by atoms with E-state index in [-0.39, 0.29) is 0 Å². The maximum absolute atomic E-state index is 4.12. The minimum atomic E-state index is 0.890. The van der Waals surface area contributed by atoms with Crippen LogP contribution in [0, 0.1) is 0 Å². The van der Waals surface area contributed by atoms with Crippen molar-refractivity contribution >= 4 is 0 Å². The van der Waals surface area contributed by atoms with Crippen molar-refractivity contribution < 1.29 is 0 Å². The van der Waals surface area contributed by atoms with Gasteiger partial charge in [0.05, 0.1) is 11.9 Å². The molecule has 0 spiro atoms. The molecule has 0 unspecified atom stereocenters. The lowest BCUT2D eigenvalue weighted by molar-refractivity contribution is 0.321. The Hall–Kier alpha value is -1.75. The molecule has 0 aliphatic heterocycles. The van der Waals surface area contributed by atoms with E-state index in [4.69, 9.17) is 0 Å². The van der Waals surface area contributed by atoms with Crippen LogP contribution in [0.1, 0.15) is 25.3 Å². The van der Waals surface area contributed by atoms with Gasteiger partial charge in [-0.15, -0.1) is 0 Å². The van der Waals surface area contributed by atoms with Crippen molar-refractivity contribution in [1.29, 1.82) is 0 Å². The van der Waals surface area contributed by atoms with Gasteiger partial charge in [-0.1, -0.05) is 13.3 Å². The molecule has 5 nitrogen and oxygen atoms in total. The van der Waals surface area contributed by atoms with Gasteiger partial charge in [0.2, 0.25) is 0 Å². The van der Waals surface area contributed by atoms with E-state index in [2.05, 4.69) is 39.0 Å². The Morgan fingerprint density at radius 2 is 2.00 bits per heavy atom. The van der Waals surface area contributed by atoms with E-state index in [9.17, 15) is 0 Å². The Morgan fingerprint density at radius 1 is 1.22 bits per heavy atom. The first kappa shape index (κ1) is 12.7. The predicted molar refractivity (Wildman–Crippen MR) is 70.9 cm³/mol. The molecule has 0 fully saturated rings. The summed E-state index contributed by atoms with van der Waals surface area (Å²) < 4.78 is 0. The fourth-order valence-corrected chi connectivity index (χ4v) is 1.91. The van der Waals surface area contributed by atoms with Crippen molar-refractivity contribution in [2.75, 3.05) is 13.6 Å². The minimum absolute atomic E-state index is 0.890. The van der Waals surface area contributed by atoms with Crippen molar-refractivity contribution in [1.82, 2.24) is 25.1 Å². The fourth-order valence-electron chi connectivity index (χ4n) is 1.91. The summed E-state index contributed by atoms with van der Waals surface area (Å²) in [6, 6.07) is 0. The van der Waals surface area contributed by atoms with Crippen LogP contribution in [0.25, 0.3) is 11.3 Å². The summed E-state index contributed by atoms with van der Waals surface area (Å²) in [7, 11) is 2.13. The monoisotopic (exact) mass is 245 g/mol. The van der Waals surface area contributed by atoms with Crippen molar-refractivity contribution in [3.63, 3.8) is 0 Å². The highest BCUT2D eigenvalue weighted by Crippen LogP contribution is 2.20. The van der Waals surface area contributed by atoms with Crippen molar-refractivity contribution in [3.8, 4) is 11.3 Å². The zero-order chi connectivity index (χ0) is 12.8. The fraction of sp³-hybridized carbons (Fsp3) is 0.462. The normalized spacial score (nSPS) is 11.1. The zero-order valence-corrected chi connectivity index (χ0v) is 10.9. The van der Waals surface area contributed by atoms with Gasteiger partial charge < -0.3 is 4.90 Å². The van der Waals surface area contributed by atoms with Crippen LogP contribution in [-0.2, 0) is 6.54 Å². The smallest absolute Gasteiger partial charge is 0.115 e. The molecule has 1 N–H and O–H groups in total. The van der Waals surface area contributed by atoms with Crippen LogP contribution in [0.15, 0.2) is 24.9 Å². The standard InChI is InChI=1S/C13H19N5/c1-3-4-5-18(2)9-12-8-16-17-13(12)11-6-14-10-15-7-11/h6-8,10H,3-5,9H2,1-2H3,(H,16,17). The van der Waals surface area contributed by atoms with Crippen molar-refractivity contribution in [2.24, 2.45) is 0 Å². The molecule has 2 rings (SSSR count). The second kappa shape index (κ2) is 6.26. The number of aromatic amines is 1. The average molecular weight is 245 g/mol.